The van der Waals surface area contributed by atoms with Crippen LogP contribution in [0.25, 0.3) is 0 Å². The van der Waals surface area contributed by atoms with Gasteiger partial charge in [-0.1, -0.05) is 0 Å². The summed E-state index contributed by atoms with van der Waals surface area (Å²) < 4.78 is 0. The molecule has 3 nitrogen and oxygen atoms in total. The van der Waals surface area contributed by atoms with Gasteiger partial charge in [0.15, 0.2) is 5.76 Å². The smallest absolute Gasteiger partial charge is 0.313 e. The van der Waals surface area contributed by atoms with Crippen LogP contribution in [0.2, 0.25) is 0 Å². The molecule has 0 saturated heterocycles. The third-order valence-corrected chi connectivity index (χ3v) is 0.258. The third kappa shape index (κ3) is 1.46. The van der Waals surface area contributed by atoms with E-state index >= 15 is 0 Å². The molecule has 0 aromatic rings. The Kier molecular flexibility index (Phi) is 1.32. The molecule has 35 valence electrons. The van der Waals surface area contributed by atoms with Crippen LogP contribution in [0.3, 0.4) is 0 Å². The number of hydrogen-bond acceptors (Lipinski definition) is 3. The molecule has 0 unspecified atom stereocenters. The van der Waals surface area contributed by atoms with E-state index in [2.05, 4.69) is 6.92 Å². The summed E-state index contributed by atoms with van der Waals surface area (Å²) in [4.78, 5) is 0. The van der Waals surface area contributed by atoms with Gasteiger partial charge in [0, 0.05) is 6.92 Å². The molecule has 0 bridgehead atoms. The van der Waals surface area contributed by atoms with E-state index in [4.69, 9.17) is 15.3 Å². The first kappa shape index (κ1) is 5.14. The highest BCUT2D eigenvalue weighted by atomic mass is 16.5. The van der Waals surface area contributed by atoms with Crippen LogP contribution in [0, 0.1) is 6.92 Å². The van der Waals surface area contributed by atoms with Gasteiger partial charge in [-0.25, -0.2) is 0 Å². The molecule has 0 atom stereocenters. The first-order valence-corrected chi connectivity index (χ1v) is 1.27. The molecule has 0 aliphatic rings. The van der Waals surface area contributed by atoms with E-state index in [0.717, 1.165) is 0 Å². The van der Waals surface area contributed by atoms with Crippen molar-refractivity contribution >= 4 is 0 Å². The summed E-state index contributed by atoms with van der Waals surface area (Å²) in [7, 11) is 0. The number of allylic oxidation sites excluding steroid dienone is 1. The molecule has 0 aromatic heterocycles. The monoisotopic (exact) mass is 89.0 g/mol. The van der Waals surface area contributed by atoms with Gasteiger partial charge >= 0.3 is 5.95 Å². The van der Waals surface area contributed by atoms with Crippen LogP contribution >= 0.6 is 0 Å². The van der Waals surface area contributed by atoms with Gasteiger partial charge in [-0.05, 0) is 0 Å². The Morgan fingerprint density at radius 1 is 1.17 bits per heavy atom. The van der Waals surface area contributed by atoms with Crippen molar-refractivity contribution in [1.29, 1.82) is 0 Å². The van der Waals surface area contributed by atoms with Gasteiger partial charge in [0.2, 0.25) is 0 Å². The van der Waals surface area contributed by atoms with Gasteiger partial charge in [0.25, 0.3) is 0 Å². The fourth-order valence-corrected chi connectivity index (χ4v) is 0. The molecule has 0 aromatic carbocycles. The second-order valence-electron chi connectivity index (χ2n) is 0.770. The molecule has 0 saturated carbocycles. The molecule has 0 aliphatic carbocycles. The van der Waals surface area contributed by atoms with Crippen molar-refractivity contribution in [1.82, 2.24) is 0 Å². The zero-order chi connectivity index (χ0) is 5.15. The average Bonchev–Trinajstić information content (AvgIpc) is 1.36. The SMILES string of the molecule is [CH2]C(O)=C(O)O. The van der Waals surface area contributed by atoms with Gasteiger partial charge in [0.05, 0.1) is 0 Å². The Balaban J connectivity index is 3.68. The van der Waals surface area contributed by atoms with E-state index in [-0.39, 0.29) is 0 Å². The largest absolute Gasteiger partial charge is 0.506 e. The average molecular weight is 89.1 g/mol. The molecular weight excluding hydrogens is 84.0 g/mol. The van der Waals surface area contributed by atoms with Crippen molar-refractivity contribution in [2.24, 2.45) is 0 Å². The van der Waals surface area contributed by atoms with E-state index in [1.54, 1.807) is 0 Å². The van der Waals surface area contributed by atoms with Gasteiger partial charge in [-0.2, -0.15) is 0 Å². The fourth-order valence-electron chi connectivity index (χ4n) is 0. The molecule has 0 fully saturated rings. The summed E-state index contributed by atoms with van der Waals surface area (Å²) in [6.07, 6.45) is 0. The molecule has 0 amide bonds. The third-order valence-electron chi connectivity index (χ3n) is 0.258. The summed E-state index contributed by atoms with van der Waals surface area (Å²) >= 11 is 0. The van der Waals surface area contributed by atoms with E-state index in [9.17, 15) is 0 Å². The first-order valence-electron chi connectivity index (χ1n) is 1.27. The Hall–Kier alpha value is -0.860. The summed E-state index contributed by atoms with van der Waals surface area (Å²) in [5.74, 6) is -1.84. The minimum Gasteiger partial charge on any atom is -0.506 e. The number of aliphatic hydroxyl groups excluding tert-OH is 2. The summed E-state index contributed by atoms with van der Waals surface area (Å²) in [5.41, 5.74) is 0. The summed E-state index contributed by atoms with van der Waals surface area (Å²) in [5, 5.41) is 23.4. The maximum absolute atomic E-state index is 7.90. The second-order valence-corrected chi connectivity index (χ2v) is 0.770. The van der Waals surface area contributed by atoms with Crippen LogP contribution in [0.1, 0.15) is 0 Å². The second kappa shape index (κ2) is 1.55. The maximum Gasteiger partial charge on any atom is 0.313 e. The van der Waals surface area contributed by atoms with E-state index in [1.807, 2.05) is 0 Å². The Morgan fingerprint density at radius 2 is 1.33 bits per heavy atom. The van der Waals surface area contributed by atoms with Crippen molar-refractivity contribution in [3.05, 3.63) is 18.6 Å². The van der Waals surface area contributed by atoms with Crippen LogP contribution in [0.5, 0.6) is 0 Å². The van der Waals surface area contributed by atoms with E-state index in [0.29, 0.717) is 0 Å². The predicted molar refractivity (Wildman–Crippen MR) is 20.3 cm³/mol. The standard InChI is InChI=1S/C3H5O3/c1-2(4)3(5)6/h4-6H,1H2. The molecule has 6 heavy (non-hydrogen) atoms. The molecule has 0 aliphatic heterocycles. The van der Waals surface area contributed by atoms with Gasteiger partial charge in [0.1, 0.15) is 0 Å². The van der Waals surface area contributed by atoms with Crippen molar-refractivity contribution in [2.45, 2.75) is 0 Å². The molecule has 3 heteroatoms. The maximum atomic E-state index is 7.90. The molecule has 0 heterocycles. The highest BCUT2D eigenvalue weighted by Gasteiger charge is 1.86. The summed E-state index contributed by atoms with van der Waals surface area (Å²) in [6, 6.07) is 0. The zero-order valence-corrected chi connectivity index (χ0v) is 3.05. The van der Waals surface area contributed by atoms with Crippen LogP contribution in [0.15, 0.2) is 11.7 Å². The quantitative estimate of drug-likeness (QED) is 0.382. The van der Waals surface area contributed by atoms with E-state index < -0.39 is 11.7 Å². The van der Waals surface area contributed by atoms with Crippen LogP contribution in [-0.2, 0) is 0 Å². The lowest BCUT2D eigenvalue weighted by molar-refractivity contribution is 0.162. The van der Waals surface area contributed by atoms with Crippen molar-refractivity contribution in [3.8, 4) is 0 Å². The Labute approximate surface area is 35.2 Å². The molecule has 0 rings (SSSR count). The van der Waals surface area contributed by atoms with E-state index in [1.165, 1.54) is 0 Å². The lowest BCUT2D eigenvalue weighted by Crippen LogP contribution is -1.81. The Morgan fingerprint density at radius 3 is 1.33 bits per heavy atom. The van der Waals surface area contributed by atoms with Gasteiger partial charge in [-0.15, -0.1) is 0 Å². The molecule has 1 radical (unpaired) electrons. The number of hydrogen-bond donors (Lipinski definition) is 3. The molecule has 0 spiro atoms. The lowest BCUT2D eigenvalue weighted by Gasteiger charge is -1.84. The minimum absolute atomic E-state index is 0.713. The fraction of sp³-hybridized carbons (Fsp3) is 0. The van der Waals surface area contributed by atoms with Gasteiger partial charge in [-0.3, -0.25) is 0 Å². The van der Waals surface area contributed by atoms with Crippen molar-refractivity contribution in [2.75, 3.05) is 0 Å². The highest BCUT2D eigenvalue weighted by Crippen LogP contribution is 1.85. The molecular formula is C3H5O3. The van der Waals surface area contributed by atoms with Crippen molar-refractivity contribution < 1.29 is 15.3 Å². The number of aliphatic hydroxyl groups is 3. The minimum atomic E-state index is -1.13. The Bertz CT molecular complexity index is 56.1. The van der Waals surface area contributed by atoms with Crippen LogP contribution in [-0.4, -0.2) is 15.3 Å². The first-order chi connectivity index (χ1) is 2.64. The zero-order valence-electron chi connectivity index (χ0n) is 3.05. The lowest BCUT2D eigenvalue weighted by atomic mass is 10.6. The highest BCUT2D eigenvalue weighted by molar-refractivity contribution is 4.91. The van der Waals surface area contributed by atoms with Gasteiger partial charge < -0.3 is 15.3 Å². The van der Waals surface area contributed by atoms with Crippen LogP contribution < -0.4 is 0 Å². The predicted octanol–water partition coefficient (Wildman–Crippen LogP) is 0.664. The number of rotatable bonds is 0. The van der Waals surface area contributed by atoms with Crippen molar-refractivity contribution in [3.63, 3.8) is 0 Å². The van der Waals surface area contributed by atoms with Crippen LogP contribution in [0.4, 0.5) is 0 Å². The topological polar surface area (TPSA) is 60.7 Å². The molecule has 3 N–H and O–H groups in total. The summed E-state index contributed by atoms with van der Waals surface area (Å²) in [6.45, 7) is 2.77. The normalized spacial score (nSPS) is 7.50.